The van der Waals surface area contributed by atoms with Crippen molar-refractivity contribution in [3.63, 3.8) is 0 Å². The number of rotatable bonds is 23. The van der Waals surface area contributed by atoms with E-state index in [1.807, 2.05) is 86.6 Å². The van der Waals surface area contributed by atoms with Gasteiger partial charge in [-0.05, 0) is 91.1 Å². The molecule has 0 aliphatic carbocycles. The van der Waals surface area contributed by atoms with Crippen molar-refractivity contribution in [3.8, 4) is 12.3 Å². The van der Waals surface area contributed by atoms with Crippen molar-refractivity contribution in [1.82, 2.24) is 51.4 Å². The Morgan fingerprint density at radius 3 is 1.55 bits per heavy atom. The maximum absolute atomic E-state index is 12.3. The summed E-state index contributed by atoms with van der Waals surface area (Å²) in [5.41, 5.74) is 6.74. The molecule has 4 aromatic heterocycles. The molecular weight excluding hydrogens is 1000 g/mol. The number of hydrogen-bond acceptors (Lipinski definition) is 16. The Labute approximate surface area is 414 Å². The van der Waals surface area contributed by atoms with E-state index in [-0.39, 0.29) is 24.8 Å². The third-order valence-electron chi connectivity index (χ3n) is 9.25. The number of hydrogen-bond donors (Lipinski definition) is 2. The van der Waals surface area contributed by atoms with Crippen LogP contribution >= 0.6 is 45.3 Å². The molecule has 0 aliphatic heterocycles. The van der Waals surface area contributed by atoms with Crippen molar-refractivity contribution in [2.45, 2.75) is 78.1 Å². The molecule has 0 bridgehead atoms. The quantitative estimate of drug-likeness (QED) is 0.0404. The lowest BCUT2D eigenvalue weighted by Gasteiger charge is -2.04. The topological polar surface area (TPSA) is 214 Å². The highest BCUT2D eigenvalue weighted by Gasteiger charge is 2.14. The number of ketones is 2. The Kier molecular flexibility index (Phi) is 24.5. The van der Waals surface area contributed by atoms with Gasteiger partial charge in [-0.2, -0.15) is 15.3 Å². The second-order valence-corrected chi connectivity index (χ2v) is 18.3. The molecule has 4 heterocycles. The summed E-state index contributed by atoms with van der Waals surface area (Å²) in [7, 11) is 3.17. The molecule has 2 aromatic carbocycles. The Hall–Kier alpha value is -5.79. The van der Waals surface area contributed by atoms with E-state index in [1.165, 1.54) is 28.2 Å². The van der Waals surface area contributed by atoms with Crippen molar-refractivity contribution in [2.75, 3.05) is 40.5 Å². The van der Waals surface area contributed by atoms with Crippen LogP contribution in [0.3, 0.4) is 0 Å². The summed E-state index contributed by atoms with van der Waals surface area (Å²) in [6.45, 7) is 5.91. The molecule has 0 radical (unpaired) electrons. The number of terminal acetylenes is 1. The Bertz CT molecular complexity index is 2520. The minimum atomic E-state index is -0.221. The predicted octanol–water partition coefficient (Wildman–Crippen LogP) is 6.40. The van der Waals surface area contributed by atoms with E-state index in [0.29, 0.717) is 80.5 Å². The van der Waals surface area contributed by atoms with Crippen LogP contribution in [0, 0.1) is 29.9 Å². The van der Waals surface area contributed by atoms with E-state index in [2.05, 4.69) is 79.9 Å². The molecule has 0 saturated heterocycles. The van der Waals surface area contributed by atoms with Gasteiger partial charge in [-0.3, -0.25) is 19.2 Å². The van der Waals surface area contributed by atoms with E-state index in [9.17, 15) is 19.2 Å². The number of carbonyl (C=O) groups is 4. The maximum atomic E-state index is 12.3. The van der Waals surface area contributed by atoms with Gasteiger partial charge in [-0.25, -0.2) is 0 Å². The number of methoxy groups -OCH3 is 2. The average molecular weight is 1060 g/mol. The average Bonchev–Trinajstić information content (AvgIpc) is 4.00. The van der Waals surface area contributed by atoms with Crippen LogP contribution in [-0.4, -0.2) is 105 Å². The first-order valence-electron chi connectivity index (χ1n) is 21.5. The van der Waals surface area contributed by atoms with Crippen LogP contribution in [0.25, 0.3) is 0 Å². The molecule has 0 saturated carbocycles. The molecule has 0 spiro atoms. The number of halogens is 1. The van der Waals surface area contributed by atoms with Crippen molar-refractivity contribution in [2.24, 2.45) is 0 Å². The first-order chi connectivity index (χ1) is 32.4. The summed E-state index contributed by atoms with van der Waals surface area (Å²) in [6.07, 6.45) is 11.3. The standard InChI is InChI=1S/C24H29N5O3S.C14H13IN2O.C10H13N3O2S.H2/c1-17-6-5-7-18(14-17)15-21(30)16-20-11-10-19(26-27-20)8-3-4-9-22-28-29-24(33-22)23(31)25-12-13-32-2;1-10-3-2-4-11(7-10)8-13(18)9-12-5-6-14(15)17-16-12;1-3-4-5-8-12-13-10(16-8)9(14)11-6-7-15-2;/h5-7,10-11,14H,3-4,8-9,12-13,15-16H2,1-2H3,(H,25,31);2-7H,8-9H2,1H3;1H,4-7H2,2H3,(H,11,14);1H. The first kappa shape index (κ1) is 53.8. The molecule has 354 valence electrons. The summed E-state index contributed by atoms with van der Waals surface area (Å²) >= 11 is 4.68. The van der Waals surface area contributed by atoms with Gasteiger partial charge in [0.05, 0.1) is 43.1 Å². The minimum Gasteiger partial charge on any atom is -0.383 e. The number of aromatic nitrogens is 8. The molecular formula is C48H57IN10O6S2. The number of aryl methyl sites for hydroxylation is 5. The van der Waals surface area contributed by atoms with Crippen LogP contribution in [-0.2, 0) is 64.0 Å². The lowest BCUT2D eigenvalue weighted by Crippen LogP contribution is -2.26. The van der Waals surface area contributed by atoms with Crippen LogP contribution in [0.5, 0.6) is 0 Å². The summed E-state index contributed by atoms with van der Waals surface area (Å²) in [5, 5.41) is 40.0. The van der Waals surface area contributed by atoms with Crippen molar-refractivity contribution >= 4 is 68.6 Å². The van der Waals surface area contributed by atoms with Crippen LogP contribution in [0.1, 0.15) is 89.6 Å². The molecule has 6 rings (SSSR count). The zero-order chi connectivity index (χ0) is 48.2. The molecule has 19 heteroatoms. The summed E-state index contributed by atoms with van der Waals surface area (Å²) in [4.78, 5) is 47.7. The molecule has 67 heavy (non-hydrogen) atoms. The van der Waals surface area contributed by atoms with Crippen LogP contribution < -0.4 is 10.6 Å². The number of Topliss-reactive ketones (excluding diaryl/α,β-unsaturated/α-hetero) is 2. The number of nitrogens with zero attached hydrogens (tertiary/aromatic N) is 8. The highest BCUT2D eigenvalue weighted by atomic mass is 127. The number of unbranched alkanes of at least 4 members (excludes halogenated alkanes) is 1. The highest BCUT2D eigenvalue weighted by Crippen LogP contribution is 2.15. The SMILES string of the molecule is C#CCCc1nnc(C(=O)NCCOC)s1.COCCNC(=O)c1nnc(CCCCc2ccc(CC(=O)Cc3cccc(C)c3)nn2)s1.Cc1cccc(CC(=O)Cc2ccc(I)nn2)c1.[HH]. The summed E-state index contributed by atoms with van der Waals surface area (Å²) in [6, 6.07) is 23.6. The molecule has 6 aromatic rings. The van der Waals surface area contributed by atoms with Gasteiger partial charge in [0.15, 0.2) is 0 Å². The fourth-order valence-corrected chi connectivity index (χ4v) is 7.86. The highest BCUT2D eigenvalue weighted by molar-refractivity contribution is 14.1. The fourth-order valence-electron chi connectivity index (χ4n) is 6.02. The molecule has 2 amide bonds. The second kappa shape index (κ2) is 30.5. The van der Waals surface area contributed by atoms with Gasteiger partial charge in [0.2, 0.25) is 10.0 Å². The lowest BCUT2D eigenvalue weighted by molar-refractivity contribution is -0.118. The van der Waals surface area contributed by atoms with Gasteiger partial charge >= 0.3 is 0 Å². The molecule has 0 unspecified atom stereocenters. The van der Waals surface area contributed by atoms with E-state index in [0.717, 1.165) is 67.5 Å². The third-order valence-corrected chi connectivity index (χ3v) is 11.8. The number of carbonyl (C=O) groups excluding carboxylic acids is 4. The van der Waals surface area contributed by atoms with E-state index >= 15 is 0 Å². The smallest absolute Gasteiger partial charge is 0.282 e. The monoisotopic (exact) mass is 1060 g/mol. The predicted molar refractivity (Wildman–Crippen MR) is 268 cm³/mol. The van der Waals surface area contributed by atoms with Crippen LogP contribution in [0.4, 0.5) is 0 Å². The largest absolute Gasteiger partial charge is 0.383 e. The Morgan fingerprint density at radius 1 is 0.612 bits per heavy atom. The van der Waals surface area contributed by atoms with Crippen LogP contribution in [0.15, 0.2) is 72.8 Å². The van der Waals surface area contributed by atoms with Crippen molar-refractivity contribution in [1.29, 1.82) is 0 Å². The number of benzene rings is 2. The third kappa shape index (κ3) is 21.6. The second-order valence-electron chi connectivity index (χ2n) is 15.0. The van der Waals surface area contributed by atoms with E-state index in [1.54, 1.807) is 14.2 Å². The zero-order valence-corrected chi connectivity index (χ0v) is 41.9. The molecule has 2 N–H and O–H groups in total. The van der Waals surface area contributed by atoms with Crippen LogP contribution in [0.2, 0.25) is 0 Å². The molecule has 0 aliphatic rings. The minimum absolute atomic E-state index is 0. The molecule has 0 atom stereocenters. The van der Waals surface area contributed by atoms with E-state index in [4.69, 9.17) is 15.9 Å². The molecule has 0 fully saturated rings. The zero-order valence-electron chi connectivity index (χ0n) is 38.1. The van der Waals surface area contributed by atoms with Gasteiger partial charge in [-0.1, -0.05) is 82.3 Å². The first-order valence-corrected chi connectivity index (χ1v) is 24.2. The number of amides is 2. The van der Waals surface area contributed by atoms with Gasteiger partial charge < -0.3 is 20.1 Å². The Morgan fingerprint density at radius 2 is 1.09 bits per heavy atom. The Balaban J connectivity index is 0.000000295. The summed E-state index contributed by atoms with van der Waals surface area (Å²) in [5.74, 6) is 2.37. The van der Waals surface area contributed by atoms with E-state index < -0.39 is 0 Å². The summed E-state index contributed by atoms with van der Waals surface area (Å²) < 4.78 is 10.6. The number of nitrogens with one attached hydrogen (secondary N) is 2. The van der Waals surface area contributed by atoms with Gasteiger partial charge in [0.25, 0.3) is 11.8 Å². The van der Waals surface area contributed by atoms with Crippen molar-refractivity contribution in [3.05, 3.63) is 136 Å². The van der Waals surface area contributed by atoms with Gasteiger partial charge in [0, 0.05) is 60.8 Å². The normalized spacial score (nSPS) is 10.4. The van der Waals surface area contributed by atoms with Gasteiger partial charge in [0.1, 0.15) is 25.3 Å². The molecule has 16 nitrogen and oxygen atoms in total. The van der Waals surface area contributed by atoms with Crippen molar-refractivity contribution < 1.29 is 30.1 Å². The lowest BCUT2D eigenvalue weighted by atomic mass is 10.0. The maximum Gasteiger partial charge on any atom is 0.282 e. The van der Waals surface area contributed by atoms with Gasteiger partial charge in [-0.15, -0.1) is 37.8 Å². The number of ether oxygens (including phenoxy) is 2. The fraction of sp³-hybridized carbons (Fsp3) is 0.375.